The predicted octanol–water partition coefficient (Wildman–Crippen LogP) is 4.32. The highest BCUT2D eigenvalue weighted by Crippen LogP contribution is 2.39. The lowest BCUT2D eigenvalue weighted by Crippen LogP contribution is -2.29. The van der Waals surface area contributed by atoms with E-state index in [4.69, 9.17) is 14.2 Å². The van der Waals surface area contributed by atoms with Crippen molar-refractivity contribution in [1.82, 2.24) is 4.90 Å². The van der Waals surface area contributed by atoms with Gasteiger partial charge in [-0.15, -0.1) is 0 Å². The van der Waals surface area contributed by atoms with E-state index < -0.39 is 0 Å². The Kier molecular flexibility index (Phi) is 7.99. The number of hydrogen-bond acceptors (Lipinski definition) is 6. The largest absolute Gasteiger partial charge is 0.490 e. The molecule has 2 amide bonds. The second-order valence-corrected chi connectivity index (χ2v) is 7.22. The normalized spacial score (nSPS) is 15.8. The zero-order valence-corrected chi connectivity index (χ0v) is 17.4. The molecule has 0 aromatic heterocycles. The summed E-state index contributed by atoms with van der Waals surface area (Å²) < 4.78 is 17.0. The van der Waals surface area contributed by atoms with Crippen molar-refractivity contribution < 1.29 is 23.8 Å². The maximum Gasteiger partial charge on any atom is 0.293 e. The van der Waals surface area contributed by atoms with Crippen LogP contribution in [0, 0.1) is 0 Å². The minimum atomic E-state index is -0.279. The Morgan fingerprint density at radius 1 is 1.19 bits per heavy atom. The van der Waals surface area contributed by atoms with E-state index >= 15 is 0 Å². The van der Waals surface area contributed by atoms with Gasteiger partial charge < -0.3 is 14.2 Å². The highest BCUT2D eigenvalue weighted by atomic mass is 79.9. The molecule has 0 aliphatic carbocycles. The molecule has 6 nitrogen and oxygen atoms in total. The van der Waals surface area contributed by atoms with Crippen LogP contribution in [0.5, 0.6) is 11.5 Å². The molecule has 1 saturated heterocycles. The van der Waals surface area contributed by atoms with E-state index in [0.29, 0.717) is 49.2 Å². The minimum absolute atomic E-state index is 0.257. The molecule has 0 saturated carbocycles. The van der Waals surface area contributed by atoms with Crippen LogP contribution in [0.4, 0.5) is 4.79 Å². The van der Waals surface area contributed by atoms with E-state index in [0.717, 1.165) is 21.8 Å². The number of thioether (sulfide) groups is 1. The third kappa shape index (κ3) is 5.02. The lowest BCUT2D eigenvalue weighted by atomic mass is 10.2. The first-order valence-corrected chi connectivity index (χ1v) is 9.96. The average molecular weight is 444 g/mol. The smallest absolute Gasteiger partial charge is 0.293 e. The fourth-order valence-electron chi connectivity index (χ4n) is 2.43. The van der Waals surface area contributed by atoms with E-state index in [-0.39, 0.29) is 11.1 Å². The van der Waals surface area contributed by atoms with Gasteiger partial charge in [-0.2, -0.15) is 0 Å². The van der Waals surface area contributed by atoms with Crippen molar-refractivity contribution in [2.24, 2.45) is 0 Å². The maximum atomic E-state index is 12.5. The summed E-state index contributed by atoms with van der Waals surface area (Å²) in [6.07, 6.45) is 2.31. The summed E-state index contributed by atoms with van der Waals surface area (Å²) >= 11 is 4.43. The lowest BCUT2D eigenvalue weighted by molar-refractivity contribution is -0.122. The van der Waals surface area contributed by atoms with Crippen LogP contribution in [0.15, 0.2) is 21.5 Å². The minimum Gasteiger partial charge on any atom is -0.490 e. The number of halogens is 1. The van der Waals surface area contributed by atoms with E-state index in [1.165, 1.54) is 4.90 Å². The number of carbonyl (C=O) groups excluding carboxylic acids is 2. The molecule has 1 aromatic carbocycles. The highest BCUT2D eigenvalue weighted by Gasteiger charge is 2.34. The van der Waals surface area contributed by atoms with Crippen LogP contribution in [0.1, 0.15) is 25.8 Å². The number of hydrogen-bond donors (Lipinski definition) is 0. The van der Waals surface area contributed by atoms with Crippen molar-refractivity contribution in [3.63, 3.8) is 0 Å². The Hall–Kier alpha value is -1.51. The molecule has 1 aromatic rings. The van der Waals surface area contributed by atoms with Crippen molar-refractivity contribution in [1.29, 1.82) is 0 Å². The molecule has 142 valence electrons. The van der Waals surface area contributed by atoms with Gasteiger partial charge in [-0.1, -0.05) is 0 Å². The van der Waals surface area contributed by atoms with Crippen LogP contribution >= 0.6 is 27.7 Å². The number of amides is 2. The summed E-state index contributed by atoms with van der Waals surface area (Å²) in [4.78, 5) is 26.2. The topological polar surface area (TPSA) is 65.1 Å². The summed E-state index contributed by atoms with van der Waals surface area (Å²) in [5.74, 6) is 0.938. The molecule has 0 radical (unpaired) electrons. The Balaban J connectivity index is 2.26. The average Bonchev–Trinajstić information content (AvgIpc) is 2.86. The van der Waals surface area contributed by atoms with Crippen LogP contribution in [0.2, 0.25) is 0 Å². The Morgan fingerprint density at radius 3 is 2.58 bits per heavy atom. The monoisotopic (exact) mass is 443 g/mol. The van der Waals surface area contributed by atoms with Gasteiger partial charge in [0, 0.05) is 20.3 Å². The van der Waals surface area contributed by atoms with Gasteiger partial charge in [0.15, 0.2) is 11.5 Å². The fraction of sp³-hybridized carbons (Fsp3) is 0.444. The molecule has 2 rings (SSSR count). The van der Waals surface area contributed by atoms with Crippen molar-refractivity contribution in [3.8, 4) is 11.5 Å². The molecular formula is C18H22BrNO5S. The highest BCUT2D eigenvalue weighted by molar-refractivity contribution is 9.10. The molecule has 0 atom stereocenters. The molecule has 26 heavy (non-hydrogen) atoms. The van der Waals surface area contributed by atoms with Gasteiger partial charge in [0.1, 0.15) is 0 Å². The number of nitrogens with zero attached hydrogens (tertiary/aromatic N) is 1. The van der Waals surface area contributed by atoms with Crippen LogP contribution < -0.4 is 9.47 Å². The Morgan fingerprint density at radius 2 is 1.92 bits per heavy atom. The second-order valence-electron chi connectivity index (χ2n) is 5.38. The zero-order chi connectivity index (χ0) is 19.1. The van der Waals surface area contributed by atoms with Crippen LogP contribution in [0.25, 0.3) is 6.08 Å². The van der Waals surface area contributed by atoms with Gasteiger partial charge in [-0.05, 0) is 71.7 Å². The summed E-state index contributed by atoms with van der Waals surface area (Å²) in [6, 6.07) is 3.64. The molecule has 1 aliphatic rings. The van der Waals surface area contributed by atoms with Gasteiger partial charge in [0.2, 0.25) is 0 Å². The Labute approximate surface area is 166 Å². The lowest BCUT2D eigenvalue weighted by Gasteiger charge is -2.14. The van der Waals surface area contributed by atoms with Crippen LogP contribution in [-0.2, 0) is 9.53 Å². The molecular weight excluding hydrogens is 422 g/mol. The number of ether oxygens (including phenoxy) is 3. The van der Waals surface area contributed by atoms with Crippen molar-refractivity contribution in [2.75, 3.05) is 33.5 Å². The van der Waals surface area contributed by atoms with E-state index in [1.807, 2.05) is 19.9 Å². The van der Waals surface area contributed by atoms with Crippen molar-refractivity contribution in [3.05, 3.63) is 27.1 Å². The van der Waals surface area contributed by atoms with E-state index in [1.54, 1.807) is 19.3 Å². The summed E-state index contributed by atoms with van der Waals surface area (Å²) in [6.45, 7) is 5.65. The summed E-state index contributed by atoms with van der Waals surface area (Å²) in [7, 11) is 1.59. The molecule has 0 bridgehead atoms. The van der Waals surface area contributed by atoms with Gasteiger partial charge in [-0.3, -0.25) is 14.5 Å². The predicted molar refractivity (Wildman–Crippen MR) is 106 cm³/mol. The number of benzene rings is 1. The summed E-state index contributed by atoms with van der Waals surface area (Å²) in [5.41, 5.74) is 0.756. The first kappa shape index (κ1) is 20.8. The van der Waals surface area contributed by atoms with Gasteiger partial charge in [0.05, 0.1) is 22.6 Å². The third-order valence-electron chi connectivity index (χ3n) is 3.52. The zero-order valence-electron chi connectivity index (χ0n) is 15.0. The second kappa shape index (κ2) is 9.99. The van der Waals surface area contributed by atoms with Crippen molar-refractivity contribution >= 4 is 44.9 Å². The van der Waals surface area contributed by atoms with Crippen LogP contribution in [-0.4, -0.2) is 49.5 Å². The molecule has 1 heterocycles. The standard InChI is InChI=1S/C18H22BrNO5S/c1-4-24-14-10-12(9-13(19)16(14)25-5-2)11-15-17(21)20(18(22)26-15)7-6-8-23-3/h9-11H,4-8H2,1-3H3/b15-11+. The van der Waals surface area contributed by atoms with Crippen LogP contribution in [0.3, 0.4) is 0 Å². The number of carbonyl (C=O) groups is 2. The first-order valence-electron chi connectivity index (χ1n) is 8.35. The number of rotatable bonds is 9. The fourth-order valence-corrected chi connectivity index (χ4v) is 3.87. The molecule has 0 N–H and O–H groups in total. The molecule has 1 aliphatic heterocycles. The van der Waals surface area contributed by atoms with Gasteiger partial charge in [-0.25, -0.2) is 0 Å². The van der Waals surface area contributed by atoms with Gasteiger partial charge in [0.25, 0.3) is 11.1 Å². The summed E-state index contributed by atoms with van der Waals surface area (Å²) in [5, 5.41) is -0.257. The van der Waals surface area contributed by atoms with E-state index in [9.17, 15) is 9.59 Å². The maximum absolute atomic E-state index is 12.5. The number of methoxy groups -OCH3 is 1. The molecule has 8 heteroatoms. The van der Waals surface area contributed by atoms with E-state index in [2.05, 4.69) is 15.9 Å². The molecule has 0 unspecified atom stereocenters. The van der Waals surface area contributed by atoms with Crippen molar-refractivity contribution in [2.45, 2.75) is 20.3 Å². The molecule has 1 fully saturated rings. The van der Waals surface area contributed by atoms with Gasteiger partial charge >= 0.3 is 0 Å². The number of imide groups is 1. The first-order chi connectivity index (χ1) is 12.5. The quantitative estimate of drug-likeness (QED) is 0.418. The Bertz CT molecular complexity index is 707. The third-order valence-corrected chi connectivity index (χ3v) is 5.02. The SMILES string of the molecule is CCOc1cc(/C=C2/SC(=O)N(CCCOC)C2=O)cc(Br)c1OCC. The molecule has 0 spiro atoms.